The van der Waals surface area contributed by atoms with Gasteiger partial charge in [0, 0.05) is 10.9 Å². The molecule has 2 atom stereocenters. The second-order valence-corrected chi connectivity index (χ2v) is 5.31. The first kappa shape index (κ1) is 12.7. The molecule has 2 heteroatoms. The molecule has 86 valence electrons. The van der Waals surface area contributed by atoms with Gasteiger partial charge in [-0.1, -0.05) is 26.3 Å². The maximum atomic E-state index is 3.45. The highest BCUT2D eigenvalue weighted by Crippen LogP contribution is 2.17. The Balaban J connectivity index is 2.33. The number of thiophene rings is 1. The first-order chi connectivity index (χ1) is 7.27. The van der Waals surface area contributed by atoms with Gasteiger partial charge in [-0.3, -0.25) is 0 Å². The average molecular weight is 225 g/mol. The summed E-state index contributed by atoms with van der Waals surface area (Å²) in [4.78, 5) is 1.51. The van der Waals surface area contributed by atoms with Crippen molar-refractivity contribution in [3.8, 4) is 0 Å². The Labute approximate surface area is 97.9 Å². The monoisotopic (exact) mass is 225 g/mol. The Bertz CT molecular complexity index is 243. The number of hydrogen-bond acceptors (Lipinski definition) is 2. The van der Waals surface area contributed by atoms with E-state index in [1.165, 1.54) is 30.6 Å². The van der Waals surface area contributed by atoms with Crippen LogP contribution in [0.2, 0.25) is 0 Å². The highest BCUT2D eigenvalue weighted by atomic mass is 32.1. The molecule has 0 saturated heterocycles. The van der Waals surface area contributed by atoms with Crippen LogP contribution in [0.25, 0.3) is 0 Å². The third-order valence-corrected chi connectivity index (χ3v) is 4.02. The lowest BCUT2D eigenvalue weighted by Gasteiger charge is -2.22. The van der Waals surface area contributed by atoms with E-state index in [-0.39, 0.29) is 0 Å². The molecule has 1 rings (SSSR count). The van der Waals surface area contributed by atoms with Crippen LogP contribution in [0.5, 0.6) is 0 Å². The first-order valence-electron chi connectivity index (χ1n) is 5.97. The second kappa shape index (κ2) is 7.02. The minimum atomic E-state index is 0.673. The van der Waals surface area contributed by atoms with Crippen LogP contribution < -0.4 is 5.32 Å². The third-order valence-electron chi connectivity index (χ3n) is 3.08. The zero-order chi connectivity index (χ0) is 11.1. The van der Waals surface area contributed by atoms with E-state index in [9.17, 15) is 0 Å². The second-order valence-electron chi connectivity index (χ2n) is 4.28. The van der Waals surface area contributed by atoms with Crippen LogP contribution in [0.15, 0.2) is 17.5 Å². The Kier molecular flexibility index (Phi) is 5.96. The van der Waals surface area contributed by atoms with Gasteiger partial charge in [-0.2, -0.15) is 0 Å². The van der Waals surface area contributed by atoms with Crippen molar-refractivity contribution in [1.82, 2.24) is 5.32 Å². The summed E-state index contributed by atoms with van der Waals surface area (Å²) in [5.41, 5.74) is 0. The van der Waals surface area contributed by atoms with E-state index in [4.69, 9.17) is 0 Å². The Morgan fingerprint density at radius 3 is 2.73 bits per heavy atom. The van der Waals surface area contributed by atoms with E-state index in [1.807, 2.05) is 11.3 Å². The van der Waals surface area contributed by atoms with Crippen LogP contribution in [0, 0.1) is 5.92 Å². The summed E-state index contributed by atoms with van der Waals surface area (Å²) < 4.78 is 0. The van der Waals surface area contributed by atoms with Gasteiger partial charge in [0.15, 0.2) is 0 Å². The summed E-state index contributed by atoms with van der Waals surface area (Å²) in [7, 11) is 2.09. The summed E-state index contributed by atoms with van der Waals surface area (Å²) >= 11 is 1.87. The molecular weight excluding hydrogens is 202 g/mol. The topological polar surface area (TPSA) is 12.0 Å². The van der Waals surface area contributed by atoms with Gasteiger partial charge in [-0.25, -0.2) is 0 Å². The summed E-state index contributed by atoms with van der Waals surface area (Å²) in [6.45, 7) is 4.63. The molecule has 0 bridgehead atoms. The largest absolute Gasteiger partial charge is 0.317 e. The zero-order valence-corrected chi connectivity index (χ0v) is 10.9. The van der Waals surface area contributed by atoms with E-state index in [0.29, 0.717) is 6.04 Å². The van der Waals surface area contributed by atoms with Gasteiger partial charge in [-0.05, 0) is 43.7 Å². The molecule has 1 aromatic rings. The lowest BCUT2D eigenvalue weighted by atomic mass is 9.93. The fourth-order valence-electron chi connectivity index (χ4n) is 2.12. The predicted octanol–water partition coefficient (Wildman–Crippen LogP) is 3.70. The quantitative estimate of drug-likeness (QED) is 0.746. The zero-order valence-electron chi connectivity index (χ0n) is 10.1. The molecule has 0 aliphatic heterocycles. The Morgan fingerprint density at radius 2 is 2.20 bits per heavy atom. The van der Waals surface area contributed by atoms with Gasteiger partial charge in [0.25, 0.3) is 0 Å². The SMILES string of the molecule is CCCC(C)C(CCc1cccs1)NC. The maximum absolute atomic E-state index is 3.45. The molecule has 1 aromatic heterocycles. The molecule has 1 N–H and O–H groups in total. The van der Waals surface area contributed by atoms with Crippen molar-refractivity contribution in [1.29, 1.82) is 0 Å². The molecule has 0 aliphatic rings. The van der Waals surface area contributed by atoms with E-state index in [2.05, 4.69) is 43.7 Å². The van der Waals surface area contributed by atoms with Gasteiger partial charge in [0.05, 0.1) is 0 Å². The molecule has 0 spiro atoms. The van der Waals surface area contributed by atoms with Gasteiger partial charge in [0.2, 0.25) is 0 Å². The van der Waals surface area contributed by atoms with Crippen molar-refractivity contribution in [3.63, 3.8) is 0 Å². The molecule has 0 aromatic carbocycles. The predicted molar refractivity (Wildman–Crippen MR) is 69.6 cm³/mol. The minimum Gasteiger partial charge on any atom is -0.317 e. The lowest BCUT2D eigenvalue weighted by molar-refractivity contribution is 0.356. The molecule has 1 nitrogen and oxygen atoms in total. The number of aryl methyl sites for hydroxylation is 1. The van der Waals surface area contributed by atoms with Gasteiger partial charge in [-0.15, -0.1) is 11.3 Å². The van der Waals surface area contributed by atoms with Crippen LogP contribution in [0.1, 0.15) is 38.0 Å². The summed E-state index contributed by atoms with van der Waals surface area (Å²) in [6.07, 6.45) is 5.10. The van der Waals surface area contributed by atoms with Crippen molar-refractivity contribution in [3.05, 3.63) is 22.4 Å². The summed E-state index contributed by atoms with van der Waals surface area (Å²) in [5.74, 6) is 0.792. The smallest absolute Gasteiger partial charge is 0.00931 e. The van der Waals surface area contributed by atoms with E-state index in [0.717, 1.165) is 5.92 Å². The van der Waals surface area contributed by atoms with Gasteiger partial charge >= 0.3 is 0 Å². The summed E-state index contributed by atoms with van der Waals surface area (Å²) in [5, 5.41) is 5.62. The number of hydrogen-bond donors (Lipinski definition) is 1. The van der Waals surface area contributed by atoms with Crippen molar-refractivity contribution in [2.24, 2.45) is 5.92 Å². The lowest BCUT2D eigenvalue weighted by Crippen LogP contribution is -2.32. The molecule has 2 unspecified atom stereocenters. The molecule has 15 heavy (non-hydrogen) atoms. The average Bonchev–Trinajstić information content (AvgIpc) is 2.72. The highest BCUT2D eigenvalue weighted by Gasteiger charge is 2.14. The van der Waals surface area contributed by atoms with Crippen LogP contribution in [-0.4, -0.2) is 13.1 Å². The fourth-order valence-corrected chi connectivity index (χ4v) is 2.85. The molecular formula is C13H23NS. The van der Waals surface area contributed by atoms with Crippen molar-refractivity contribution in [2.45, 2.75) is 45.6 Å². The Hall–Kier alpha value is -0.340. The van der Waals surface area contributed by atoms with Crippen molar-refractivity contribution in [2.75, 3.05) is 7.05 Å². The summed E-state index contributed by atoms with van der Waals surface area (Å²) in [6, 6.07) is 5.05. The standard InChI is InChI=1S/C13H23NS/c1-4-6-11(2)13(14-3)9-8-12-7-5-10-15-12/h5,7,10-11,13-14H,4,6,8-9H2,1-3H3. The number of nitrogens with one attached hydrogen (secondary N) is 1. The van der Waals surface area contributed by atoms with Crippen LogP contribution in [0.4, 0.5) is 0 Å². The minimum absolute atomic E-state index is 0.673. The van der Waals surface area contributed by atoms with E-state index >= 15 is 0 Å². The molecule has 0 saturated carbocycles. The molecule has 0 fully saturated rings. The highest BCUT2D eigenvalue weighted by molar-refractivity contribution is 7.09. The van der Waals surface area contributed by atoms with Gasteiger partial charge < -0.3 is 5.32 Å². The van der Waals surface area contributed by atoms with E-state index in [1.54, 1.807) is 0 Å². The number of rotatable bonds is 7. The van der Waals surface area contributed by atoms with Crippen molar-refractivity contribution >= 4 is 11.3 Å². The molecule has 1 heterocycles. The Morgan fingerprint density at radius 1 is 1.40 bits per heavy atom. The first-order valence-corrected chi connectivity index (χ1v) is 6.85. The van der Waals surface area contributed by atoms with Crippen LogP contribution in [0.3, 0.4) is 0 Å². The van der Waals surface area contributed by atoms with Gasteiger partial charge in [0.1, 0.15) is 0 Å². The normalized spacial score (nSPS) is 15.1. The van der Waals surface area contributed by atoms with Crippen LogP contribution in [-0.2, 0) is 6.42 Å². The fraction of sp³-hybridized carbons (Fsp3) is 0.692. The molecule has 0 amide bonds. The third kappa shape index (κ3) is 4.35. The maximum Gasteiger partial charge on any atom is 0.00931 e. The van der Waals surface area contributed by atoms with Crippen molar-refractivity contribution < 1.29 is 0 Å². The molecule has 0 radical (unpaired) electrons. The van der Waals surface area contributed by atoms with E-state index < -0.39 is 0 Å². The molecule has 0 aliphatic carbocycles. The van der Waals surface area contributed by atoms with Crippen LogP contribution >= 0.6 is 11.3 Å².